The van der Waals surface area contributed by atoms with E-state index in [1.165, 1.54) is 44.0 Å². The van der Waals surface area contributed by atoms with Crippen LogP contribution in [0.2, 0.25) is 0 Å². The highest BCUT2D eigenvalue weighted by Gasteiger charge is 2.33. The number of allylic oxidation sites excluding steroid dienone is 1. The number of carbonyl (C=O) groups excluding carboxylic acids is 3. The van der Waals surface area contributed by atoms with E-state index in [2.05, 4.69) is 4.99 Å². The quantitative estimate of drug-likeness (QED) is 0.347. The lowest BCUT2D eigenvalue weighted by Crippen LogP contribution is -2.39. The molecule has 0 N–H and O–H groups in total. The van der Waals surface area contributed by atoms with Crippen LogP contribution >= 0.6 is 11.3 Å². The van der Waals surface area contributed by atoms with E-state index in [-0.39, 0.29) is 16.9 Å². The average molecular weight is 537 g/mol. The molecule has 1 aliphatic heterocycles. The molecule has 38 heavy (non-hydrogen) atoms. The maximum atomic E-state index is 13.7. The summed E-state index contributed by atoms with van der Waals surface area (Å²) in [4.78, 5) is 54.1. The molecule has 0 unspecified atom stereocenters. The molecule has 1 aliphatic rings. The largest absolute Gasteiger partial charge is 0.493 e. The minimum absolute atomic E-state index is 0.221. The summed E-state index contributed by atoms with van der Waals surface area (Å²) in [7, 11) is 2.71. The van der Waals surface area contributed by atoms with Crippen LogP contribution in [0.15, 0.2) is 63.5 Å². The molecule has 0 fully saturated rings. The third kappa shape index (κ3) is 5.28. The molecule has 4 rings (SSSR count). The summed E-state index contributed by atoms with van der Waals surface area (Å²) in [6.07, 6.45) is 1.67. The van der Waals surface area contributed by atoms with Gasteiger partial charge in [-0.2, -0.15) is 0 Å². The van der Waals surface area contributed by atoms with Crippen LogP contribution in [0.5, 0.6) is 17.2 Å². The summed E-state index contributed by atoms with van der Waals surface area (Å²) in [5.74, 6) is -0.637. The molecule has 3 aromatic rings. The molecule has 0 bridgehead atoms. The van der Waals surface area contributed by atoms with Crippen LogP contribution < -0.4 is 29.1 Å². The molecule has 11 heteroatoms. The van der Waals surface area contributed by atoms with Crippen molar-refractivity contribution < 1.29 is 33.3 Å². The van der Waals surface area contributed by atoms with E-state index >= 15 is 0 Å². The summed E-state index contributed by atoms with van der Waals surface area (Å²) in [6, 6.07) is 10.6. The molecule has 2 heterocycles. The highest BCUT2D eigenvalue weighted by Crippen LogP contribution is 2.32. The lowest BCUT2D eigenvalue weighted by atomic mass is 9.96. The minimum atomic E-state index is -0.812. The van der Waals surface area contributed by atoms with Gasteiger partial charge in [-0.05, 0) is 48.4 Å². The van der Waals surface area contributed by atoms with Gasteiger partial charge in [0, 0.05) is 13.8 Å². The molecule has 1 aromatic heterocycles. The summed E-state index contributed by atoms with van der Waals surface area (Å²) in [5, 5.41) is 0. The van der Waals surface area contributed by atoms with Gasteiger partial charge < -0.3 is 18.9 Å². The lowest BCUT2D eigenvalue weighted by molar-refractivity contribution is -0.136. The number of esters is 3. The molecule has 0 spiro atoms. The molecule has 0 radical (unpaired) electrons. The van der Waals surface area contributed by atoms with Gasteiger partial charge in [-0.15, -0.1) is 0 Å². The molecular formula is C27H24N2O8S. The fourth-order valence-electron chi connectivity index (χ4n) is 4.06. The highest BCUT2D eigenvalue weighted by molar-refractivity contribution is 7.07. The first-order valence-corrected chi connectivity index (χ1v) is 12.2. The van der Waals surface area contributed by atoms with E-state index < -0.39 is 23.9 Å². The maximum absolute atomic E-state index is 13.7. The molecule has 0 amide bonds. The van der Waals surface area contributed by atoms with Crippen molar-refractivity contribution in [2.24, 2.45) is 4.99 Å². The van der Waals surface area contributed by atoms with Gasteiger partial charge >= 0.3 is 17.9 Å². The zero-order chi connectivity index (χ0) is 27.6. The second kappa shape index (κ2) is 10.9. The standard InChI is InChI=1S/C27H24N2O8S/c1-14-23(26(33)35-5)24(18-7-9-19(10-8-18)36-15(2)30)29-25(32)22(38-27(29)28-14)13-17-6-11-20(37-16(3)31)21(12-17)34-4/h6-13,24H,1-5H3/b22-13-/t24-/m1/s1. The van der Waals surface area contributed by atoms with Crippen molar-refractivity contribution >= 4 is 35.3 Å². The topological polar surface area (TPSA) is 122 Å². The predicted molar refractivity (Wildman–Crippen MR) is 138 cm³/mol. The average Bonchev–Trinajstić information content (AvgIpc) is 3.17. The van der Waals surface area contributed by atoms with E-state index in [4.69, 9.17) is 18.9 Å². The molecule has 1 atom stereocenters. The number of methoxy groups -OCH3 is 2. The van der Waals surface area contributed by atoms with Gasteiger partial charge in [0.2, 0.25) is 0 Å². The van der Waals surface area contributed by atoms with Gasteiger partial charge in [0.05, 0.1) is 36.1 Å². The van der Waals surface area contributed by atoms with Crippen LogP contribution in [0.3, 0.4) is 0 Å². The molecule has 2 aromatic carbocycles. The first-order valence-electron chi connectivity index (χ1n) is 11.4. The van der Waals surface area contributed by atoms with Crippen molar-refractivity contribution in [1.29, 1.82) is 0 Å². The van der Waals surface area contributed by atoms with Gasteiger partial charge in [-0.3, -0.25) is 19.0 Å². The van der Waals surface area contributed by atoms with Gasteiger partial charge in [-0.1, -0.05) is 29.5 Å². The summed E-state index contributed by atoms with van der Waals surface area (Å²) < 4.78 is 22.4. The van der Waals surface area contributed by atoms with Gasteiger partial charge in [-0.25, -0.2) is 9.79 Å². The second-order valence-electron chi connectivity index (χ2n) is 8.24. The van der Waals surface area contributed by atoms with Crippen molar-refractivity contribution in [3.05, 3.63) is 84.5 Å². The van der Waals surface area contributed by atoms with Crippen molar-refractivity contribution in [2.75, 3.05) is 14.2 Å². The molecule has 196 valence electrons. The van der Waals surface area contributed by atoms with Crippen LogP contribution in [0.25, 0.3) is 6.08 Å². The van der Waals surface area contributed by atoms with Crippen molar-refractivity contribution in [1.82, 2.24) is 4.57 Å². The smallest absolute Gasteiger partial charge is 0.338 e. The summed E-state index contributed by atoms with van der Waals surface area (Å²) in [6.45, 7) is 4.27. The highest BCUT2D eigenvalue weighted by atomic mass is 32.1. The van der Waals surface area contributed by atoms with E-state index in [0.29, 0.717) is 37.7 Å². The summed E-state index contributed by atoms with van der Waals surface area (Å²) in [5.41, 5.74) is 1.52. The SMILES string of the molecule is COC(=O)C1=C(C)N=c2s/c(=C\c3ccc(OC(C)=O)c(OC)c3)c(=O)n2[C@@H]1c1ccc(OC(C)=O)cc1. The Morgan fingerprint density at radius 3 is 2.26 bits per heavy atom. The Bertz CT molecular complexity index is 1650. The molecular weight excluding hydrogens is 512 g/mol. The van der Waals surface area contributed by atoms with Crippen molar-refractivity contribution in [3.8, 4) is 17.2 Å². The van der Waals surface area contributed by atoms with Crippen molar-refractivity contribution in [2.45, 2.75) is 26.8 Å². The number of hydrogen-bond donors (Lipinski definition) is 0. The number of fused-ring (bicyclic) bond motifs is 1. The number of thiazole rings is 1. The van der Waals surface area contributed by atoms with Gasteiger partial charge in [0.15, 0.2) is 16.3 Å². The van der Waals surface area contributed by atoms with Crippen LogP contribution in [0.1, 0.15) is 37.9 Å². The Balaban J connectivity index is 1.86. The Morgan fingerprint density at radius 2 is 1.66 bits per heavy atom. The first kappa shape index (κ1) is 26.6. The number of ether oxygens (including phenoxy) is 4. The minimum Gasteiger partial charge on any atom is -0.493 e. The fraction of sp³-hybridized carbons (Fsp3) is 0.222. The lowest BCUT2D eigenvalue weighted by Gasteiger charge is -2.24. The number of carbonyl (C=O) groups is 3. The van der Waals surface area contributed by atoms with E-state index in [9.17, 15) is 19.2 Å². The Hall–Kier alpha value is -4.51. The number of rotatable bonds is 6. The maximum Gasteiger partial charge on any atom is 0.338 e. The van der Waals surface area contributed by atoms with E-state index in [0.717, 1.165) is 0 Å². The van der Waals surface area contributed by atoms with E-state index in [1.807, 2.05) is 0 Å². The zero-order valence-electron chi connectivity index (χ0n) is 21.3. The van der Waals surface area contributed by atoms with Crippen LogP contribution in [-0.4, -0.2) is 36.7 Å². The predicted octanol–water partition coefficient (Wildman–Crippen LogP) is 2.27. The zero-order valence-corrected chi connectivity index (χ0v) is 22.1. The first-order chi connectivity index (χ1) is 18.1. The number of aromatic nitrogens is 1. The van der Waals surface area contributed by atoms with Crippen molar-refractivity contribution in [3.63, 3.8) is 0 Å². The third-order valence-electron chi connectivity index (χ3n) is 5.62. The monoisotopic (exact) mass is 536 g/mol. The molecule has 0 saturated carbocycles. The van der Waals surface area contributed by atoms with E-state index in [1.54, 1.807) is 55.5 Å². The fourth-order valence-corrected chi connectivity index (χ4v) is 5.10. The van der Waals surface area contributed by atoms with Crippen LogP contribution in [-0.2, 0) is 19.1 Å². The van der Waals surface area contributed by atoms with Gasteiger partial charge in [0.25, 0.3) is 5.56 Å². The number of nitrogens with zero attached hydrogens (tertiary/aromatic N) is 2. The molecule has 0 saturated heterocycles. The third-order valence-corrected chi connectivity index (χ3v) is 6.61. The number of benzene rings is 2. The van der Waals surface area contributed by atoms with Crippen LogP contribution in [0.4, 0.5) is 0 Å². The Morgan fingerprint density at radius 1 is 0.974 bits per heavy atom. The Labute approximate surface area is 221 Å². The molecule has 10 nitrogen and oxygen atoms in total. The van der Waals surface area contributed by atoms with Crippen LogP contribution in [0, 0.1) is 0 Å². The van der Waals surface area contributed by atoms with Gasteiger partial charge in [0.1, 0.15) is 5.75 Å². The molecule has 0 aliphatic carbocycles. The normalized spacial score (nSPS) is 14.9. The summed E-state index contributed by atoms with van der Waals surface area (Å²) >= 11 is 1.17. The second-order valence-corrected chi connectivity index (χ2v) is 9.25. The number of hydrogen-bond acceptors (Lipinski definition) is 10. The Kier molecular flexibility index (Phi) is 7.58.